The third kappa shape index (κ3) is 4.42. The molecule has 3 heterocycles. The molecular formula is C14H18F3N7O2S. The van der Waals surface area contributed by atoms with Crippen molar-refractivity contribution in [2.75, 3.05) is 31.9 Å². The largest absolute Gasteiger partial charge is 0.417 e. The SMILES string of the molecule is CCS(=O)(=O)N1CCN(Cc2nnnn2-c2ccc(C(F)(F)F)cn2)CC1. The summed E-state index contributed by atoms with van der Waals surface area (Å²) in [7, 11) is -3.21. The second kappa shape index (κ2) is 7.48. The van der Waals surface area contributed by atoms with Gasteiger partial charge in [0.25, 0.3) is 0 Å². The molecule has 3 rings (SSSR count). The van der Waals surface area contributed by atoms with E-state index in [-0.39, 0.29) is 11.6 Å². The van der Waals surface area contributed by atoms with Crippen molar-refractivity contribution >= 4 is 10.0 Å². The maximum absolute atomic E-state index is 12.7. The molecule has 2 aromatic heterocycles. The predicted molar refractivity (Wildman–Crippen MR) is 88.3 cm³/mol. The Bertz CT molecular complexity index is 875. The number of pyridine rings is 1. The van der Waals surface area contributed by atoms with E-state index in [0.717, 1.165) is 12.3 Å². The van der Waals surface area contributed by atoms with E-state index in [0.29, 0.717) is 38.5 Å². The Balaban J connectivity index is 1.68. The van der Waals surface area contributed by atoms with E-state index in [9.17, 15) is 21.6 Å². The van der Waals surface area contributed by atoms with Crippen LogP contribution in [0.1, 0.15) is 18.3 Å². The highest BCUT2D eigenvalue weighted by molar-refractivity contribution is 7.89. The summed E-state index contributed by atoms with van der Waals surface area (Å²) in [5, 5.41) is 11.3. The van der Waals surface area contributed by atoms with Crippen LogP contribution in [0.5, 0.6) is 0 Å². The Morgan fingerprint density at radius 1 is 1.15 bits per heavy atom. The molecule has 9 nitrogen and oxygen atoms in total. The fraction of sp³-hybridized carbons (Fsp3) is 0.571. The third-order valence-electron chi connectivity index (χ3n) is 4.28. The zero-order valence-corrected chi connectivity index (χ0v) is 15.3. The second-order valence-corrected chi connectivity index (χ2v) is 8.24. The first kappa shape index (κ1) is 19.6. The molecule has 0 aliphatic carbocycles. The van der Waals surface area contributed by atoms with E-state index in [1.807, 2.05) is 4.90 Å². The van der Waals surface area contributed by atoms with Crippen LogP contribution in [0.4, 0.5) is 13.2 Å². The number of rotatable bonds is 5. The molecule has 2 aromatic rings. The normalized spacial score (nSPS) is 17.3. The molecule has 0 amide bonds. The van der Waals surface area contributed by atoms with Crippen LogP contribution >= 0.6 is 0 Å². The number of piperazine rings is 1. The summed E-state index contributed by atoms with van der Waals surface area (Å²) in [4.78, 5) is 5.77. The van der Waals surface area contributed by atoms with E-state index in [4.69, 9.17) is 0 Å². The maximum Gasteiger partial charge on any atom is 0.417 e. The predicted octanol–water partition coefficient (Wildman–Crippen LogP) is 0.543. The topological polar surface area (TPSA) is 97.1 Å². The first-order valence-corrected chi connectivity index (χ1v) is 9.82. The molecule has 13 heteroatoms. The monoisotopic (exact) mass is 405 g/mol. The minimum Gasteiger partial charge on any atom is -0.293 e. The van der Waals surface area contributed by atoms with Crippen LogP contribution in [0.15, 0.2) is 18.3 Å². The molecule has 0 radical (unpaired) electrons. The van der Waals surface area contributed by atoms with Gasteiger partial charge in [-0.2, -0.15) is 22.2 Å². The number of halogens is 3. The van der Waals surface area contributed by atoms with Gasteiger partial charge in [-0.15, -0.1) is 5.10 Å². The fourth-order valence-corrected chi connectivity index (χ4v) is 3.79. The molecule has 27 heavy (non-hydrogen) atoms. The second-order valence-electron chi connectivity index (χ2n) is 5.99. The van der Waals surface area contributed by atoms with Crippen molar-refractivity contribution in [2.24, 2.45) is 0 Å². The number of hydrogen-bond donors (Lipinski definition) is 0. The van der Waals surface area contributed by atoms with E-state index in [1.165, 1.54) is 15.1 Å². The lowest BCUT2D eigenvalue weighted by atomic mass is 10.3. The van der Waals surface area contributed by atoms with Gasteiger partial charge in [0.15, 0.2) is 11.6 Å². The van der Waals surface area contributed by atoms with E-state index < -0.39 is 21.8 Å². The van der Waals surface area contributed by atoms with E-state index in [2.05, 4.69) is 20.5 Å². The lowest BCUT2D eigenvalue weighted by Gasteiger charge is -2.33. The maximum atomic E-state index is 12.7. The molecule has 1 saturated heterocycles. The summed E-state index contributed by atoms with van der Waals surface area (Å²) in [5.74, 6) is 0.648. The molecule has 0 saturated carbocycles. The number of sulfonamides is 1. The van der Waals surface area contributed by atoms with Crippen molar-refractivity contribution in [2.45, 2.75) is 19.6 Å². The summed E-state index contributed by atoms with van der Waals surface area (Å²) >= 11 is 0. The summed E-state index contributed by atoms with van der Waals surface area (Å²) < 4.78 is 64.5. The number of nitrogens with zero attached hydrogens (tertiary/aromatic N) is 7. The van der Waals surface area contributed by atoms with Gasteiger partial charge in [0.1, 0.15) is 0 Å². The van der Waals surface area contributed by atoms with Gasteiger partial charge in [-0.3, -0.25) is 4.90 Å². The minimum atomic E-state index is -4.46. The van der Waals surface area contributed by atoms with Crippen LogP contribution in [0, 0.1) is 0 Å². The number of tetrazole rings is 1. The molecule has 1 aliphatic rings. The molecule has 0 N–H and O–H groups in total. The van der Waals surface area contributed by atoms with E-state index in [1.54, 1.807) is 6.92 Å². The number of aromatic nitrogens is 5. The van der Waals surface area contributed by atoms with Crippen molar-refractivity contribution in [3.05, 3.63) is 29.7 Å². The van der Waals surface area contributed by atoms with Crippen LogP contribution in [0.3, 0.4) is 0 Å². The van der Waals surface area contributed by atoms with Crippen molar-refractivity contribution < 1.29 is 21.6 Å². The van der Waals surface area contributed by atoms with Crippen molar-refractivity contribution in [3.63, 3.8) is 0 Å². The highest BCUT2D eigenvalue weighted by Gasteiger charge is 2.31. The summed E-state index contributed by atoms with van der Waals surface area (Å²) in [5.41, 5.74) is -0.853. The van der Waals surface area contributed by atoms with E-state index >= 15 is 0 Å². The third-order valence-corrected chi connectivity index (χ3v) is 6.16. The summed E-state index contributed by atoms with van der Waals surface area (Å²) in [6.45, 7) is 3.69. The standard InChI is InChI=1S/C14H18F3N7O2S/c1-2-27(25,26)23-7-5-22(6-8-23)10-13-19-20-21-24(13)12-4-3-11(9-18-12)14(15,16)17/h3-4,9H,2,5-8,10H2,1H3. The lowest BCUT2D eigenvalue weighted by Crippen LogP contribution is -2.48. The quantitative estimate of drug-likeness (QED) is 0.716. The van der Waals surface area contributed by atoms with Gasteiger partial charge in [0.2, 0.25) is 10.0 Å². The van der Waals surface area contributed by atoms with Crippen LogP contribution in [-0.2, 0) is 22.7 Å². The highest BCUT2D eigenvalue weighted by Crippen LogP contribution is 2.28. The van der Waals surface area contributed by atoms with Crippen molar-refractivity contribution in [1.82, 2.24) is 34.4 Å². The van der Waals surface area contributed by atoms with Gasteiger partial charge in [0.05, 0.1) is 17.9 Å². The number of hydrogen-bond acceptors (Lipinski definition) is 7. The molecular weight excluding hydrogens is 387 g/mol. The average Bonchev–Trinajstić information content (AvgIpc) is 3.09. The zero-order valence-electron chi connectivity index (χ0n) is 14.5. The zero-order chi connectivity index (χ0) is 19.7. The Morgan fingerprint density at radius 2 is 1.85 bits per heavy atom. The smallest absolute Gasteiger partial charge is 0.293 e. The van der Waals surface area contributed by atoms with Gasteiger partial charge in [-0.05, 0) is 29.5 Å². The van der Waals surface area contributed by atoms with Crippen LogP contribution in [-0.4, -0.2) is 74.7 Å². The van der Waals surface area contributed by atoms with Gasteiger partial charge < -0.3 is 0 Å². The Kier molecular flexibility index (Phi) is 5.44. The summed E-state index contributed by atoms with van der Waals surface area (Å²) in [6, 6.07) is 2.12. The first-order valence-electron chi connectivity index (χ1n) is 8.22. The number of alkyl halides is 3. The van der Waals surface area contributed by atoms with Gasteiger partial charge >= 0.3 is 6.18 Å². The first-order chi connectivity index (χ1) is 12.7. The molecule has 0 spiro atoms. The molecule has 148 valence electrons. The Hall–Kier alpha value is -2.12. The van der Waals surface area contributed by atoms with Crippen LogP contribution < -0.4 is 0 Å². The molecule has 0 aromatic carbocycles. The molecule has 1 aliphatic heterocycles. The summed E-state index contributed by atoms with van der Waals surface area (Å²) in [6.07, 6.45) is -3.73. The Morgan fingerprint density at radius 3 is 2.41 bits per heavy atom. The van der Waals surface area contributed by atoms with Gasteiger partial charge in [0, 0.05) is 32.4 Å². The lowest BCUT2D eigenvalue weighted by molar-refractivity contribution is -0.137. The average molecular weight is 405 g/mol. The highest BCUT2D eigenvalue weighted by atomic mass is 32.2. The minimum absolute atomic E-state index is 0.0604. The molecule has 0 atom stereocenters. The van der Waals surface area contributed by atoms with Crippen molar-refractivity contribution in [3.8, 4) is 5.82 Å². The van der Waals surface area contributed by atoms with Gasteiger partial charge in [-0.25, -0.2) is 13.4 Å². The molecule has 0 unspecified atom stereocenters. The van der Waals surface area contributed by atoms with Crippen LogP contribution in [0.25, 0.3) is 5.82 Å². The van der Waals surface area contributed by atoms with Crippen LogP contribution in [0.2, 0.25) is 0 Å². The molecule has 1 fully saturated rings. The fourth-order valence-electron chi connectivity index (χ4n) is 2.71. The van der Waals surface area contributed by atoms with Crippen molar-refractivity contribution in [1.29, 1.82) is 0 Å². The Labute approximate surface area is 153 Å². The molecule has 0 bridgehead atoms. The van der Waals surface area contributed by atoms with Gasteiger partial charge in [-0.1, -0.05) is 0 Å².